The van der Waals surface area contributed by atoms with Crippen LogP contribution in [0.15, 0.2) is 0 Å². The van der Waals surface area contributed by atoms with Crippen LogP contribution >= 0.6 is 7.28 Å². The van der Waals surface area contributed by atoms with Crippen LogP contribution in [0.25, 0.3) is 0 Å². The van der Waals surface area contributed by atoms with Crippen molar-refractivity contribution in [2.24, 2.45) is 0 Å². The molecule has 0 radical (unpaired) electrons. The van der Waals surface area contributed by atoms with Crippen molar-refractivity contribution in [1.29, 1.82) is 0 Å². The summed E-state index contributed by atoms with van der Waals surface area (Å²) in [5.74, 6) is -81.6. The van der Waals surface area contributed by atoms with Crippen molar-refractivity contribution in [2.75, 3.05) is 12.3 Å². The molecule has 0 aromatic heterocycles. The Balaban J connectivity index is 6.83. The van der Waals surface area contributed by atoms with Crippen LogP contribution in [-0.4, -0.2) is 99.1 Å². The minimum absolute atomic E-state index is 4.86. The molecule has 0 atom stereocenters. The summed E-state index contributed by atoms with van der Waals surface area (Å²) in [5.41, 5.74) is 0. The fraction of sp³-hybridized carbons (Fsp3) is 1.00. The molecule has 28 heteroatoms. The first kappa shape index (κ1) is 40.6. The number of alkyl halides is 24. The Bertz CT molecular complexity index is 907. The van der Waals surface area contributed by atoms with Gasteiger partial charge in [-0.15, -0.1) is 0 Å². The van der Waals surface area contributed by atoms with E-state index in [-0.39, 0.29) is 0 Å². The van der Waals surface area contributed by atoms with Gasteiger partial charge < -0.3 is 0 Å². The van der Waals surface area contributed by atoms with Crippen LogP contribution in [0.4, 0.5) is 105 Å². The van der Waals surface area contributed by atoms with E-state index < -0.39 is 91.7 Å². The molecular formula is C14H9F24O3P. The molecule has 0 aliphatic rings. The summed E-state index contributed by atoms with van der Waals surface area (Å²) in [6, 6.07) is 0. The Morgan fingerprint density at radius 3 is 0.714 bits per heavy atom. The summed E-state index contributed by atoms with van der Waals surface area (Å²) < 4.78 is 315. The summed E-state index contributed by atoms with van der Waals surface area (Å²) in [6.45, 7) is 0. The van der Waals surface area contributed by atoms with Gasteiger partial charge in [-0.3, -0.25) is 0 Å². The van der Waals surface area contributed by atoms with Gasteiger partial charge in [-0.2, -0.15) is 0 Å². The van der Waals surface area contributed by atoms with E-state index in [9.17, 15) is 105 Å². The molecule has 3 nitrogen and oxygen atoms in total. The second-order valence-electron chi connectivity index (χ2n) is 8.36. The van der Waals surface area contributed by atoms with E-state index in [1.807, 2.05) is 0 Å². The molecule has 0 aliphatic heterocycles. The van der Waals surface area contributed by atoms with Crippen LogP contribution in [0.1, 0.15) is 0 Å². The predicted octanol–water partition coefficient (Wildman–Crippen LogP) is 7.14. The van der Waals surface area contributed by atoms with E-state index in [2.05, 4.69) is 0 Å². The molecule has 0 unspecified atom stereocenters. The van der Waals surface area contributed by atoms with E-state index >= 15 is 0 Å². The van der Waals surface area contributed by atoms with Crippen molar-refractivity contribution in [3.63, 3.8) is 0 Å². The van der Waals surface area contributed by atoms with Crippen LogP contribution in [0.3, 0.4) is 0 Å². The van der Waals surface area contributed by atoms with Gasteiger partial charge in [0.15, 0.2) is 0 Å². The Labute approximate surface area is 213 Å². The number of rotatable bonds is 14. The first-order chi connectivity index (χ1) is 17.6. The van der Waals surface area contributed by atoms with Gasteiger partial charge in [-0.25, -0.2) is 0 Å². The molecule has 0 saturated heterocycles. The van der Waals surface area contributed by atoms with Crippen molar-refractivity contribution >= 4 is 7.28 Å². The van der Waals surface area contributed by atoms with Crippen LogP contribution in [0.5, 0.6) is 0 Å². The number of hydrogen-bond acceptors (Lipinski definition) is 3. The Hall–Kier alpha value is -1.37. The molecule has 0 spiro atoms. The zero-order valence-corrected chi connectivity index (χ0v) is 19.3. The zero-order chi connectivity index (χ0) is 35.0. The summed E-state index contributed by atoms with van der Waals surface area (Å²) in [4.78, 5) is 27.1. The van der Waals surface area contributed by atoms with E-state index in [1.54, 1.807) is 0 Å². The first-order valence-electron chi connectivity index (χ1n) is 9.17. The van der Waals surface area contributed by atoms with Gasteiger partial charge in [0.2, 0.25) is 0 Å². The van der Waals surface area contributed by atoms with Gasteiger partial charge in [-0.1, -0.05) is 0 Å². The summed E-state index contributed by atoms with van der Waals surface area (Å²) in [6.07, 6.45) is -21.9. The summed E-state index contributed by atoms with van der Waals surface area (Å²) in [5, 5.41) is 0. The molecule has 0 aromatic rings. The normalized spacial score (nSPS) is 17.6. The molecular weight excluding hydrogens is 703 g/mol. The molecule has 0 amide bonds. The third kappa shape index (κ3) is 5.86. The topological polar surface area (TPSA) is 60.7 Å². The van der Waals surface area contributed by atoms with E-state index in [4.69, 9.17) is 14.7 Å². The average molecular weight is 712 g/mol. The van der Waals surface area contributed by atoms with Gasteiger partial charge in [0.1, 0.15) is 0 Å². The molecule has 0 bridgehead atoms. The van der Waals surface area contributed by atoms with E-state index in [0.29, 0.717) is 0 Å². The minimum atomic E-state index is -9.40. The molecule has 3 N–H and O–H groups in total. The maximum atomic E-state index is 13.8. The molecule has 42 heavy (non-hydrogen) atoms. The zero-order valence-electron chi connectivity index (χ0n) is 18.4. The van der Waals surface area contributed by atoms with E-state index in [0.717, 1.165) is 0 Å². The molecule has 0 fully saturated rings. The Kier molecular flexibility index (Phi) is 9.74. The SMILES string of the molecule is OP(O)(O)(CC(F)(F)C(F)(F)C(F)(F)C(F)(F)C(F)(F)C(F)F)CC(F)(F)C(F)(F)C(F)(F)C(F)(F)C(F)(F)C(F)F. The van der Waals surface area contributed by atoms with Crippen molar-refractivity contribution in [1.82, 2.24) is 0 Å². The van der Waals surface area contributed by atoms with Gasteiger partial charge in [0.05, 0.1) is 0 Å². The van der Waals surface area contributed by atoms with E-state index in [1.165, 1.54) is 0 Å². The fourth-order valence-corrected chi connectivity index (χ4v) is 4.75. The van der Waals surface area contributed by atoms with Crippen LogP contribution < -0.4 is 0 Å². The maximum absolute atomic E-state index is 13.8. The van der Waals surface area contributed by atoms with Crippen molar-refractivity contribution in [2.45, 2.75) is 72.1 Å². The predicted molar refractivity (Wildman–Crippen MR) is 84.8 cm³/mol. The Morgan fingerprint density at radius 1 is 0.357 bits per heavy atom. The molecule has 0 aliphatic carbocycles. The third-order valence-electron chi connectivity index (χ3n) is 4.93. The van der Waals surface area contributed by atoms with Gasteiger partial charge >= 0.3 is 212 Å². The number of hydrogen-bond donors (Lipinski definition) is 3. The Morgan fingerprint density at radius 2 is 0.548 bits per heavy atom. The number of halogens is 24. The molecule has 0 saturated carbocycles. The van der Waals surface area contributed by atoms with Crippen molar-refractivity contribution < 1.29 is 120 Å². The van der Waals surface area contributed by atoms with Gasteiger partial charge in [-0.05, 0) is 0 Å². The standard InChI is InChI=1S/C14H9F24O3P/c15-3(16)7(23,24)11(31,32)13(35,36)9(27,28)5(19,20)1-42(39,40,41)2-6(21,22)10(29,30)14(37,38)12(33,34)8(25,26)4(17)18/h3-4,39-41H,1-2H2. The van der Waals surface area contributed by atoms with Crippen LogP contribution in [0, 0.1) is 0 Å². The van der Waals surface area contributed by atoms with Crippen LogP contribution in [0.2, 0.25) is 0 Å². The molecule has 0 heterocycles. The fourth-order valence-electron chi connectivity index (χ4n) is 2.61. The monoisotopic (exact) mass is 712 g/mol. The summed E-state index contributed by atoms with van der Waals surface area (Å²) >= 11 is 0. The average Bonchev–Trinajstić information content (AvgIpc) is 2.69. The summed E-state index contributed by atoms with van der Waals surface area (Å²) in [7, 11) is -9.40. The second kappa shape index (κ2) is 10.1. The second-order valence-corrected chi connectivity index (χ2v) is 11.7. The van der Waals surface area contributed by atoms with Gasteiger partial charge in [0.25, 0.3) is 0 Å². The first-order valence-corrected chi connectivity index (χ1v) is 11.6. The third-order valence-corrected chi connectivity index (χ3v) is 7.02. The molecule has 256 valence electrons. The molecule has 0 aromatic carbocycles. The quantitative estimate of drug-likeness (QED) is 0.133. The molecule has 0 rings (SSSR count). The van der Waals surface area contributed by atoms with Crippen molar-refractivity contribution in [3.8, 4) is 0 Å². The van der Waals surface area contributed by atoms with Crippen molar-refractivity contribution in [3.05, 3.63) is 0 Å². The van der Waals surface area contributed by atoms with Crippen LogP contribution in [-0.2, 0) is 0 Å². The van der Waals surface area contributed by atoms with Gasteiger partial charge in [0, 0.05) is 0 Å².